The Morgan fingerprint density at radius 1 is 1.18 bits per heavy atom. The van der Waals surface area contributed by atoms with Crippen LogP contribution in [0.15, 0.2) is 40.9 Å². The van der Waals surface area contributed by atoms with Gasteiger partial charge in [0.15, 0.2) is 0 Å². The van der Waals surface area contributed by atoms with E-state index in [1.165, 1.54) is 0 Å². The van der Waals surface area contributed by atoms with Crippen LogP contribution in [0.3, 0.4) is 0 Å². The van der Waals surface area contributed by atoms with E-state index in [1.807, 2.05) is 50.2 Å². The van der Waals surface area contributed by atoms with Gasteiger partial charge >= 0.3 is 0 Å². The molecule has 0 heterocycles. The highest BCUT2D eigenvalue weighted by molar-refractivity contribution is 9.10. The molecule has 0 saturated heterocycles. The number of benzene rings is 2. The minimum absolute atomic E-state index is 0.0161. The second-order valence-corrected chi connectivity index (χ2v) is 6.42. The normalized spacial score (nSPS) is 10.4. The van der Waals surface area contributed by atoms with Crippen molar-refractivity contribution >= 4 is 44.8 Å². The van der Waals surface area contributed by atoms with E-state index in [2.05, 4.69) is 26.6 Å². The van der Waals surface area contributed by atoms with Crippen LogP contribution in [0.25, 0.3) is 0 Å². The summed E-state index contributed by atoms with van der Waals surface area (Å²) in [6, 6.07) is 11.5. The molecule has 22 heavy (non-hydrogen) atoms. The maximum Gasteiger partial charge on any atom is 0.226 e. The van der Waals surface area contributed by atoms with Crippen molar-refractivity contribution in [2.75, 3.05) is 17.2 Å². The number of rotatable bonds is 5. The Labute approximate surface area is 144 Å². The van der Waals surface area contributed by atoms with Gasteiger partial charge in [0.1, 0.15) is 0 Å². The van der Waals surface area contributed by atoms with Crippen molar-refractivity contribution in [2.24, 2.45) is 0 Å². The predicted octanol–water partition coefficient (Wildman–Crippen LogP) is 5.16. The molecule has 116 valence electrons. The summed E-state index contributed by atoms with van der Waals surface area (Å²) in [6.45, 7) is 4.48. The fraction of sp³-hybridized carbons (Fsp3) is 0.235. The lowest BCUT2D eigenvalue weighted by Crippen LogP contribution is -2.17. The predicted molar refractivity (Wildman–Crippen MR) is 96.8 cm³/mol. The number of hydrogen-bond donors (Lipinski definition) is 2. The highest BCUT2D eigenvalue weighted by atomic mass is 79.9. The third kappa shape index (κ3) is 4.49. The van der Waals surface area contributed by atoms with Crippen LogP contribution in [0.4, 0.5) is 11.4 Å². The van der Waals surface area contributed by atoms with E-state index in [4.69, 9.17) is 11.6 Å². The van der Waals surface area contributed by atoms with E-state index in [9.17, 15) is 4.79 Å². The van der Waals surface area contributed by atoms with Gasteiger partial charge < -0.3 is 10.6 Å². The average Bonchev–Trinajstić information content (AvgIpc) is 2.46. The molecule has 2 rings (SSSR count). The first-order valence-electron chi connectivity index (χ1n) is 7.02. The molecule has 0 aromatic heterocycles. The van der Waals surface area contributed by atoms with Crippen LogP contribution in [0.1, 0.15) is 17.5 Å². The summed E-state index contributed by atoms with van der Waals surface area (Å²) >= 11 is 9.48. The summed E-state index contributed by atoms with van der Waals surface area (Å²) in [5, 5.41) is 6.89. The number of anilines is 2. The molecule has 2 aromatic carbocycles. The van der Waals surface area contributed by atoms with Gasteiger partial charge in [-0.05, 0) is 55.3 Å². The van der Waals surface area contributed by atoms with Gasteiger partial charge in [0, 0.05) is 33.8 Å². The fourth-order valence-electron chi connectivity index (χ4n) is 2.09. The van der Waals surface area contributed by atoms with Gasteiger partial charge in [0.05, 0.1) is 0 Å². The van der Waals surface area contributed by atoms with Crippen LogP contribution in [0.5, 0.6) is 0 Å². The molecule has 0 aliphatic rings. The van der Waals surface area contributed by atoms with Crippen LogP contribution in [-0.2, 0) is 4.79 Å². The number of nitrogens with one attached hydrogen (secondary N) is 2. The van der Waals surface area contributed by atoms with Crippen molar-refractivity contribution in [1.82, 2.24) is 0 Å². The number of carbonyl (C=O) groups excluding carboxylic acids is 1. The van der Waals surface area contributed by atoms with Crippen LogP contribution in [0, 0.1) is 13.8 Å². The molecule has 0 aliphatic heterocycles. The summed E-state index contributed by atoms with van der Waals surface area (Å²) in [7, 11) is 0. The highest BCUT2D eigenvalue weighted by Crippen LogP contribution is 2.23. The molecule has 0 fully saturated rings. The van der Waals surface area contributed by atoms with E-state index in [0.717, 1.165) is 32.0 Å². The molecule has 0 bridgehead atoms. The van der Waals surface area contributed by atoms with Crippen molar-refractivity contribution in [3.05, 3.63) is 57.0 Å². The third-order valence-corrected chi connectivity index (χ3v) is 4.30. The second-order valence-electron chi connectivity index (χ2n) is 5.10. The van der Waals surface area contributed by atoms with Crippen molar-refractivity contribution < 1.29 is 4.79 Å². The first-order chi connectivity index (χ1) is 10.5. The molecule has 0 unspecified atom stereocenters. The van der Waals surface area contributed by atoms with Crippen molar-refractivity contribution in [3.63, 3.8) is 0 Å². The molecule has 3 nitrogen and oxygen atoms in total. The number of amides is 1. The Morgan fingerprint density at radius 3 is 2.68 bits per heavy atom. The van der Waals surface area contributed by atoms with Crippen LogP contribution < -0.4 is 10.6 Å². The van der Waals surface area contributed by atoms with E-state index in [-0.39, 0.29) is 5.91 Å². The lowest BCUT2D eigenvalue weighted by atomic mass is 10.2. The minimum atomic E-state index is -0.0161. The first kappa shape index (κ1) is 16.8. The van der Waals surface area contributed by atoms with Gasteiger partial charge in [0.2, 0.25) is 5.91 Å². The Balaban J connectivity index is 1.87. The summed E-state index contributed by atoms with van der Waals surface area (Å²) in [6.07, 6.45) is 0.390. The van der Waals surface area contributed by atoms with E-state index < -0.39 is 0 Å². The number of carbonyl (C=O) groups is 1. The molecule has 0 saturated carbocycles. The highest BCUT2D eigenvalue weighted by Gasteiger charge is 2.06. The largest absolute Gasteiger partial charge is 0.384 e. The molecule has 5 heteroatoms. The van der Waals surface area contributed by atoms with Gasteiger partial charge in [-0.3, -0.25) is 4.79 Å². The fourth-order valence-corrected chi connectivity index (χ4v) is 2.74. The molecular weight excluding hydrogens is 364 g/mol. The van der Waals surface area contributed by atoms with Crippen molar-refractivity contribution in [1.29, 1.82) is 0 Å². The maximum absolute atomic E-state index is 12.0. The van der Waals surface area contributed by atoms with E-state index >= 15 is 0 Å². The molecule has 1 amide bonds. The quantitative estimate of drug-likeness (QED) is 0.751. The summed E-state index contributed by atoms with van der Waals surface area (Å²) in [4.78, 5) is 12.0. The monoisotopic (exact) mass is 380 g/mol. The minimum Gasteiger partial charge on any atom is -0.384 e. The molecule has 0 spiro atoms. The Kier molecular flexibility index (Phi) is 5.86. The lowest BCUT2D eigenvalue weighted by molar-refractivity contribution is -0.115. The summed E-state index contributed by atoms with van der Waals surface area (Å²) < 4.78 is 1.00. The Bertz CT molecular complexity index is 688. The Hall–Kier alpha value is -1.52. The second kappa shape index (κ2) is 7.65. The lowest BCUT2D eigenvalue weighted by Gasteiger charge is -2.11. The Morgan fingerprint density at radius 2 is 1.95 bits per heavy atom. The van der Waals surface area contributed by atoms with Gasteiger partial charge in [0.25, 0.3) is 0 Å². The number of aryl methyl sites for hydroxylation is 1. The van der Waals surface area contributed by atoms with Crippen LogP contribution >= 0.6 is 27.5 Å². The van der Waals surface area contributed by atoms with Crippen molar-refractivity contribution in [3.8, 4) is 0 Å². The third-order valence-electron chi connectivity index (χ3n) is 3.40. The van der Waals surface area contributed by atoms with Gasteiger partial charge in [-0.25, -0.2) is 0 Å². The SMILES string of the molecule is Cc1cc(Br)ccc1NC(=O)CCNc1cccc(Cl)c1C. The van der Waals surface area contributed by atoms with E-state index in [0.29, 0.717) is 13.0 Å². The molecule has 0 atom stereocenters. The maximum atomic E-state index is 12.0. The zero-order valence-electron chi connectivity index (χ0n) is 12.5. The van der Waals surface area contributed by atoms with Crippen LogP contribution in [-0.4, -0.2) is 12.5 Å². The van der Waals surface area contributed by atoms with Gasteiger partial charge in [-0.1, -0.05) is 33.6 Å². The number of halogens is 2. The molecular formula is C17H18BrClN2O. The van der Waals surface area contributed by atoms with E-state index in [1.54, 1.807) is 0 Å². The van der Waals surface area contributed by atoms with Gasteiger partial charge in [-0.15, -0.1) is 0 Å². The first-order valence-corrected chi connectivity index (χ1v) is 8.19. The topological polar surface area (TPSA) is 41.1 Å². The van der Waals surface area contributed by atoms with Crippen molar-refractivity contribution in [2.45, 2.75) is 20.3 Å². The zero-order valence-corrected chi connectivity index (χ0v) is 14.9. The number of hydrogen-bond acceptors (Lipinski definition) is 2. The molecule has 0 aliphatic carbocycles. The molecule has 2 N–H and O–H groups in total. The zero-order chi connectivity index (χ0) is 16.1. The molecule has 2 aromatic rings. The molecule has 0 radical (unpaired) electrons. The average molecular weight is 382 g/mol. The summed E-state index contributed by atoms with van der Waals surface area (Å²) in [5.41, 5.74) is 3.82. The van der Waals surface area contributed by atoms with Crippen LogP contribution in [0.2, 0.25) is 5.02 Å². The standard InChI is InChI=1S/C17H18BrClN2O/c1-11-10-13(18)6-7-15(11)21-17(22)8-9-20-16-5-3-4-14(19)12(16)2/h3-7,10,20H,8-9H2,1-2H3,(H,21,22). The summed E-state index contributed by atoms with van der Waals surface area (Å²) in [5.74, 6) is -0.0161. The van der Waals surface area contributed by atoms with Gasteiger partial charge in [-0.2, -0.15) is 0 Å². The smallest absolute Gasteiger partial charge is 0.226 e.